The van der Waals surface area contributed by atoms with Gasteiger partial charge in [-0.1, -0.05) is 29.8 Å². The van der Waals surface area contributed by atoms with Crippen LogP contribution in [0.3, 0.4) is 0 Å². The van der Waals surface area contributed by atoms with Crippen LogP contribution in [0.5, 0.6) is 0 Å². The topological polar surface area (TPSA) is 26.3 Å². The van der Waals surface area contributed by atoms with E-state index in [2.05, 4.69) is 36.6 Å². The number of halogens is 2. The Morgan fingerprint density at radius 1 is 1.55 bits per heavy atom. The van der Waals surface area contributed by atoms with Gasteiger partial charge < -0.3 is 4.74 Å². The van der Waals surface area contributed by atoms with Crippen LogP contribution in [0.25, 0.3) is 0 Å². The van der Waals surface area contributed by atoms with Crippen molar-refractivity contribution >= 4 is 37.8 Å². The van der Waals surface area contributed by atoms with Crippen LogP contribution in [-0.4, -0.2) is 12.6 Å². The van der Waals surface area contributed by atoms with Gasteiger partial charge >= 0.3 is 5.97 Å². The second kappa shape index (κ2) is 10.2. The Balaban J connectivity index is 0. The third-order valence-corrected chi connectivity index (χ3v) is 2.19. The molecule has 0 bridgehead atoms. The molecular weight excluding hydrogens is 276 g/mol. The van der Waals surface area contributed by atoms with E-state index in [-0.39, 0.29) is 5.97 Å². The van der Waals surface area contributed by atoms with Gasteiger partial charge in [-0.25, -0.2) is 4.79 Å². The molecule has 0 radical (unpaired) electrons. The summed E-state index contributed by atoms with van der Waals surface area (Å²) in [5.41, 5.74) is 0. The molecule has 0 aliphatic heterocycles. The minimum Gasteiger partial charge on any atom is -0.462 e. The summed E-state index contributed by atoms with van der Waals surface area (Å²) >= 11 is 5.96. The maximum absolute atomic E-state index is 10.6. The minimum atomic E-state index is -0.352. The fourth-order valence-electron chi connectivity index (χ4n) is 0.245. The fourth-order valence-corrected chi connectivity index (χ4v) is 0.546. The number of ether oxygens (including phenoxy) is 1. The highest BCUT2D eigenvalue weighted by molar-refractivity contribution is 9.14. The molecule has 0 aromatic heterocycles. The summed E-state index contributed by atoms with van der Waals surface area (Å²) in [7, 11) is 0. The third-order valence-electron chi connectivity index (χ3n) is 0.566. The molecule has 0 rings (SSSR count). The Morgan fingerprint density at radius 3 is 2.27 bits per heavy atom. The lowest BCUT2D eigenvalue weighted by Crippen LogP contribution is -2.02. The highest BCUT2D eigenvalue weighted by Crippen LogP contribution is 2.08. The number of hydrogen-bond donors (Lipinski definition) is 0. The first-order valence-corrected chi connectivity index (χ1v) is 5.06. The molecule has 0 saturated heterocycles. The lowest BCUT2D eigenvalue weighted by molar-refractivity contribution is -0.137. The lowest BCUT2D eigenvalue weighted by atomic mass is 10.6. The van der Waals surface area contributed by atoms with E-state index in [1.807, 2.05) is 13.8 Å². The standard InChI is InChI=1S/C5H6Br2O2.C2H6/c1-2-9-5(8)4(7)3-6;1-2/h3H,2H2,1H3;1-2H3/b4-3+;. The van der Waals surface area contributed by atoms with Gasteiger partial charge in [-0.2, -0.15) is 0 Å². The van der Waals surface area contributed by atoms with Crippen molar-refractivity contribution in [3.05, 3.63) is 9.47 Å². The van der Waals surface area contributed by atoms with Crippen LogP contribution in [0.1, 0.15) is 20.8 Å². The van der Waals surface area contributed by atoms with E-state index in [0.717, 1.165) is 0 Å². The molecule has 2 nitrogen and oxygen atoms in total. The maximum atomic E-state index is 10.6. The van der Waals surface area contributed by atoms with Gasteiger partial charge in [0.2, 0.25) is 0 Å². The molecule has 0 N–H and O–H groups in total. The van der Waals surface area contributed by atoms with Gasteiger partial charge in [0.05, 0.1) is 6.61 Å². The second-order valence-electron chi connectivity index (χ2n) is 1.18. The molecule has 0 aromatic carbocycles. The summed E-state index contributed by atoms with van der Waals surface area (Å²) in [4.78, 5) is 12.1. The van der Waals surface area contributed by atoms with Crippen molar-refractivity contribution < 1.29 is 9.53 Å². The van der Waals surface area contributed by atoms with E-state index in [1.54, 1.807) is 6.92 Å². The van der Waals surface area contributed by atoms with Crippen LogP contribution in [0, 0.1) is 0 Å². The van der Waals surface area contributed by atoms with Gasteiger partial charge in [-0.3, -0.25) is 0 Å². The molecule has 0 aromatic rings. The van der Waals surface area contributed by atoms with E-state index < -0.39 is 0 Å². The summed E-state index contributed by atoms with van der Waals surface area (Å²) in [5, 5.41) is 0. The Morgan fingerprint density at radius 2 is 2.00 bits per heavy atom. The average Bonchev–Trinajstić information content (AvgIpc) is 2.07. The fraction of sp³-hybridized carbons (Fsp3) is 0.571. The van der Waals surface area contributed by atoms with Gasteiger partial charge in [0.15, 0.2) is 0 Å². The quantitative estimate of drug-likeness (QED) is 0.576. The molecule has 66 valence electrons. The van der Waals surface area contributed by atoms with Crippen LogP contribution in [0.15, 0.2) is 9.47 Å². The van der Waals surface area contributed by atoms with Crippen molar-refractivity contribution in [1.82, 2.24) is 0 Å². The molecular formula is C7H12Br2O2. The molecule has 0 spiro atoms. The zero-order valence-electron chi connectivity index (χ0n) is 6.86. The second-order valence-corrected chi connectivity index (χ2v) is 2.49. The Bertz CT molecular complexity index is 132. The first-order chi connectivity index (χ1) is 5.22. The molecule has 0 saturated carbocycles. The highest BCUT2D eigenvalue weighted by Gasteiger charge is 2.03. The summed E-state index contributed by atoms with van der Waals surface area (Å²) in [6.07, 6.45) is 0. The molecule has 0 heterocycles. The molecule has 4 heteroatoms. The first-order valence-electron chi connectivity index (χ1n) is 3.35. The predicted molar refractivity (Wildman–Crippen MR) is 53.9 cm³/mol. The zero-order valence-corrected chi connectivity index (χ0v) is 10.0. The monoisotopic (exact) mass is 286 g/mol. The third kappa shape index (κ3) is 8.07. The first kappa shape index (κ1) is 13.7. The summed E-state index contributed by atoms with van der Waals surface area (Å²) in [6, 6.07) is 0. The number of esters is 1. The molecule has 0 fully saturated rings. The summed E-state index contributed by atoms with van der Waals surface area (Å²) in [6.45, 7) is 6.15. The molecule has 0 atom stereocenters. The van der Waals surface area contributed by atoms with Crippen LogP contribution < -0.4 is 0 Å². The van der Waals surface area contributed by atoms with Gasteiger partial charge in [-0.05, 0) is 22.9 Å². The molecule has 0 unspecified atom stereocenters. The number of carbonyl (C=O) groups excluding carboxylic acids is 1. The minimum absolute atomic E-state index is 0.352. The molecule has 0 aliphatic rings. The SMILES string of the molecule is CC.CCOC(=O)/C(Br)=C\Br. The van der Waals surface area contributed by atoms with Crippen LogP contribution in [-0.2, 0) is 9.53 Å². The van der Waals surface area contributed by atoms with Crippen LogP contribution in [0.2, 0.25) is 0 Å². The van der Waals surface area contributed by atoms with Crippen LogP contribution >= 0.6 is 31.9 Å². The smallest absolute Gasteiger partial charge is 0.345 e. The van der Waals surface area contributed by atoms with Crippen molar-refractivity contribution in [3.8, 4) is 0 Å². The lowest BCUT2D eigenvalue weighted by Gasteiger charge is -1.96. The van der Waals surface area contributed by atoms with Gasteiger partial charge in [0, 0.05) is 4.99 Å². The van der Waals surface area contributed by atoms with Gasteiger partial charge in [-0.15, -0.1) is 0 Å². The van der Waals surface area contributed by atoms with Crippen molar-refractivity contribution in [2.45, 2.75) is 20.8 Å². The summed E-state index contributed by atoms with van der Waals surface area (Å²) in [5.74, 6) is -0.352. The summed E-state index contributed by atoms with van der Waals surface area (Å²) < 4.78 is 5.00. The maximum Gasteiger partial charge on any atom is 0.345 e. The Kier molecular flexibility index (Phi) is 12.7. The highest BCUT2D eigenvalue weighted by atomic mass is 79.9. The van der Waals surface area contributed by atoms with E-state index >= 15 is 0 Å². The van der Waals surface area contributed by atoms with Crippen molar-refractivity contribution in [2.75, 3.05) is 6.61 Å². The Hall–Kier alpha value is 0.170. The number of carbonyl (C=O) groups is 1. The van der Waals surface area contributed by atoms with Crippen molar-refractivity contribution in [2.24, 2.45) is 0 Å². The van der Waals surface area contributed by atoms with Crippen molar-refractivity contribution in [3.63, 3.8) is 0 Å². The van der Waals surface area contributed by atoms with E-state index in [9.17, 15) is 4.79 Å². The van der Waals surface area contributed by atoms with E-state index in [1.165, 1.54) is 4.99 Å². The van der Waals surface area contributed by atoms with Crippen LogP contribution in [0.4, 0.5) is 0 Å². The zero-order chi connectivity index (χ0) is 9.28. The largest absolute Gasteiger partial charge is 0.462 e. The molecule has 11 heavy (non-hydrogen) atoms. The number of rotatable bonds is 2. The van der Waals surface area contributed by atoms with Gasteiger partial charge in [0.1, 0.15) is 4.48 Å². The Labute approximate surface area is 84.3 Å². The van der Waals surface area contributed by atoms with Gasteiger partial charge in [0.25, 0.3) is 0 Å². The molecule has 0 amide bonds. The van der Waals surface area contributed by atoms with E-state index in [0.29, 0.717) is 11.1 Å². The normalized spacial score (nSPS) is 9.73. The number of hydrogen-bond acceptors (Lipinski definition) is 2. The van der Waals surface area contributed by atoms with E-state index in [4.69, 9.17) is 0 Å². The van der Waals surface area contributed by atoms with Crippen molar-refractivity contribution in [1.29, 1.82) is 0 Å². The predicted octanol–water partition coefficient (Wildman–Crippen LogP) is 3.21. The average molecular weight is 288 g/mol. The molecule has 0 aliphatic carbocycles.